The number of nitrogens with one attached hydrogen (secondary N) is 1. The van der Waals surface area contributed by atoms with Gasteiger partial charge in [0.15, 0.2) is 0 Å². The van der Waals surface area contributed by atoms with Crippen LogP contribution in [-0.4, -0.2) is 47.3 Å². The summed E-state index contributed by atoms with van der Waals surface area (Å²) < 4.78 is 5.25. The average Bonchev–Trinajstić information content (AvgIpc) is 2.37. The van der Waals surface area contributed by atoms with Crippen LogP contribution < -0.4 is 5.32 Å². The van der Waals surface area contributed by atoms with E-state index in [0.29, 0.717) is 23.8 Å². The van der Waals surface area contributed by atoms with Crippen LogP contribution in [0.15, 0.2) is 18.2 Å². The second-order valence-corrected chi connectivity index (χ2v) is 5.79. The number of rotatable bonds is 4. The van der Waals surface area contributed by atoms with Crippen molar-refractivity contribution in [2.24, 2.45) is 0 Å². The number of anilines is 1. The third-order valence-electron chi connectivity index (χ3n) is 3.31. The van der Waals surface area contributed by atoms with Crippen LogP contribution in [0.4, 0.5) is 10.5 Å². The van der Waals surface area contributed by atoms with Crippen LogP contribution in [0.2, 0.25) is 5.02 Å². The SMILES string of the molecule is Cc1ccc(NC(=O)N2CC(C)(OCC(=O)O)C2)cc1Cl. The van der Waals surface area contributed by atoms with Crippen LogP contribution in [0.25, 0.3) is 0 Å². The van der Waals surface area contributed by atoms with Crippen LogP contribution in [0.5, 0.6) is 0 Å². The Bertz CT molecular complexity index is 570. The lowest BCUT2D eigenvalue weighted by Crippen LogP contribution is -2.64. The lowest BCUT2D eigenvalue weighted by atomic mass is 9.97. The summed E-state index contributed by atoms with van der Waals surface area (Å²) in [5.41, 5.74) is 0.963. The van der Waals surface area contributed by atoms with Crippen molar-refractivity contribution < 1.29 is 19.4 Å². The van der Waals surface area contributed by atoms with Crippen molar-refractivity contribution in [1.29, 1.82) is 0 Å². The van der Waals surface area contributed by atoms with Crippen LogP contribution in [0.3, 0.4) is 0 Å². The molecule has 0 aromatic heterocycles. The molecule has 21 heavy (non-hydrogen) atoms. The maximum atomic E-state index is 12.0. The van der Waals surface area contributed by atoms with Gasteiger partial charge in [0.2, 0.25) is 0 Å². The molecule has 6 nitrogen and oxygen atoms in total. The molecular formula is C14H17ClN2O4. The Labute approximate surface area is 127 Å². The van der Waals surface area contributed by atoms with Gasteiger partial charge < -0.3 is 20.1 Å². The van der Waals surface area contributed by atoms with E-state index in [2.05, 4.69) is 5.32 Å². The largest absolute Gasteiger partial charge is 0.480 e. The number of carbonyl (C=O) groups is 2. The minimum Gasteiger partial charge on any atom is -0.480 e. The number of nitrogens with zero attached hydrogens (tertiary/aromatic N) is 1. The summed E-state index contributed by atoms with van der Waals surface area (Å²) >= 11 is 6.00. The number of amides is 2. The Kier molecular flexibility index (Phi) is 4.39. The van der Waals surface area contributed by atoms with Gasteiger partial charge in [0.25, 0.3) is 0 Å². The molecule has 1 fully saturated rings. The van der Waals surface area contributed by atoms with E-state index in [1.54, 1.807) is 24.0 Å². The molecule has 1 aromatic carbocycles. The molecule has 0 unspecified atom stereocenters. The second kappa shape index (κ2) is 5.91. The number of urea groups is 1. The summed E-state index contributed by atoms with van der Waals surface area (Å²) in [6.07, 6.45) is 0. The number of ether oxygens (including phenoxy) is 1. The number of halogens is 1. The van der Waals surface area contributed by atoms with Gasteiger partial charge in [-0.3, -0.25) is 0 Å². The van der Waals surface area contributed by atoms with E-state index in [0.717, 1.165) is 5.56 Å². The van der Waals surface area contributed by atoms with Crippen molar-refractivity contribution in [2.75, 3.05) is 25.0 Å². The number of likely N-dealkylation sites (tertiary alicyclic amines) is 1. The fourth-order valence-electron chi connectivity index (χ4n) is 2.11. The smallest absolute Gasteiger partial charge is 0.329 e. The minimum atomic E-state index is -1.02. The van der Waals surface area contributed by atoms with Gasteiger partial charge in [-0.2, -0.15) is 0 Å². The number of carbonyl (C=O) groups excluding carboxylic acids is 1. The van der Waals surface area contributed by atoms with Crippen molar-refractivity contribution in [3.63, 3.8) is 0 Å². The highest BCUT2D eigenvalue weighted by atomic mass is 35.5. The first-order valence-corrected chi connectivity index (χ1v) is 6.85. The number of aryl methyl sites for hydroxylation is 1. The molecule has 2 amide bonds. The summed E-state index contributed by atoms with van der Waals surface area (Å²) in [6.45, 7) is 4.01. The standard InChI is InChI=1S/C14H17ClN2O4/c1-9-3-4-10(5-11(9)15)16-13(20)17-7-14(2,8-17)21-6-12(18)19/h3-5H,6-8H2,1-2H3,(H,16,20)(H,18,19). The van der Waals surface area contributed by atoms with Crippen LogP contribution >= 0.6 is 11.6 Å². The van der Waals surface area contributed by atoms with Crippen LogP contribution in [0.1, 0.15) is 12.5 Å². The van der Waals surface area contributed by atoms with Crippen molar-refractivity contribution in [2.45, 2.75) is 19.4 Å². The number of hydrogen-bond donors (Lipinski definition) is 2. The van der Waals surface area contributed by atoms with Gasteiger partial charge in [-0.05, 0) is 31.5 Å². The molecule has 114 valence electrons. The van der Waals surface area contributed by atoms with Crippen molar-refractivity contribution in [3.8, 4) is 0 Å². The normalized spacial score (nSPS) is 16.2. The number of hydrogen-bond acceptors (Lipinski definition) is 3. The molecule has 2 N–H and O–H groups in total. The molecule has 0 spiro atoms. The molecule has 0 radical (unpaired) electrons. The van der Waals surface area contributed by atoms with Gasteiger partial charge >= 0.3 is 12.0 Å². The lowest BCUT2D eigenvalue weighted by molar-refractivity contribution is -0.159. The first kappa shape index (κ1) is 15.6. The molecule has 0 saturated carbocycles. The Morgan fingerprint density at radius 3 is 2.71 bits per heavy atom. The van der Waals surface area contributed by atoms with Crippen LogP contribution in [0, 0.1) is 6.92 Å². The van der Waals surface area contributed by atoms with Gasteiger partial charge in [-0.15, -0.1) is 0 Å². The zero-order valence-corrected chi connectivity index (χ0v) is 12.6. The number of benzene rings is 1. The predicted octanol–water partition coefficient (Wildman–Crippen LogP) is 2.36. The van der Waals surface area contributed by atoms with E-state index in [1.807, 2.05) is 13.0 Å². The third kappa shape index (κ3) is 3.86. The van der Waals surface area contributed by atoms with Crippen molar-refractivity contribution in [3.05, 3.63) is 28.8 Å². The summed E-state index contributed by atoms with van der Waals surface area (Å²) in [7, 11) is 0. The molecular weight excluding hydrogens is 296 g/mol. The van der Waals surface area contributed by atoms with Gasteiger partial charge in [0, 0.05) is 10.7 Å². The van der Waals surface area contributed by atoms with E-state index in [4.69, 9.17) is 21.4 Å². The second-order valence-electron chi connectivity index (χ2n) is 5.38. The van der Waals surface area contributed by atoms with E-state index in [9.17, 15) is 9.59 Å². The van der Waals surface area contributed by atoms with Crippen LogP contribution in [-0.2, 0) is 9.53 Å². The van der Waals surface area contributed by atoms with Gasteiger partial charge in [-0.1, -0.05) is 17.7 Å². The minimum absolute atomic E-state index is 0.258. The van der Waals surface area contributed by atoms with E-state index in [-0.39, 0.29) is 12.6 Å². The van der Waals surface area contributed by atoms with Crippen molar-refractivity contribution >= 4 is 29.3 Å². The molecule has 1 aliphatic heterocycles. The highest BCUT2D eigenvalue weighted by Gasteiger charge is 2.42. The van der Waals surface area contributed by atoms with Gasteiger partial charge in [0.1, 0.15) is 12.2 Å². The van der Waals surface area contributed by atoms with Gasteiger partial charge in [0.05, 0.1) is 13.1 Å². The summed E-state index contributed by atoms with van der Waals surface area (Å²) in [5, 5.41) is 11.9. The molecule has 0 bridgehead atoms. The fraction of sp³-hybridized carbons (Fsp3) is 0.429. The first-order chi connectivity index (χ1) is 9.79. The summed E-state index contributed by atoms with van der Waals surface area (Å²) in [5.74, 6) is -1.02. The number of carboxylic acids is 1. The van der Waals surface area contributed by atoms with E-state index < -0.39 is 11.6 Å². The first-order valence-electron chi connectivity index (χ1n) is 6.47. The maximum Gasteiger partial charge on any atom is 0.329 e. The Balaban J connectivity index is 1.86. The fourth-order valence-corrected chi connectivity index (χ4v) is 2.29. The molecule has 7 heteroatoms. The Morgan fingerprint density at radius 1 is 1.48 bits per heavy atom. The monoisotopic (exact) mass is 312 g/mol. The molecule has 0 aliphatic carbocycles. The Hall–Kier alpha value is -1.79. The topological polar surface area (TPSA) is 78.9 Å². The quantitative estimate of drug-likeness (QED) is 0.894. The number of carboxylic acid groups (broad SMARTS) is 1. The highest BCUT2D eigenvalue weighted by molar-refractivity contribution is 6.31. The summed E-state index contributed by atoms with van der Waals surface area (Å²) in [6, 6.07) is 5.04. The predicted molar refractivity (Wildman–Crippen MR) is 78.8 cm³/mol. The third-order valence-corrected chi connectivity index (χ3v) is 3.71. The molecule has 1 saturated heterocycles. The highest BCUT2D eigenvalue weighted by Crippen LogP contribution is 2.26. The van der Waals surface area contributed by atoms with Gasteiger partial charge in [-0.25, -0.2) is 9.59 Å². The molecule has 0 atom stereocenters. The zero-order valence-electron chi connectivity index (χ0n) is 11.9. The number of aliphatic carboxylic acids is 1. The average molecular weight is 313 g/mol. The molecule has 1 heterocycles. The maximum absolute atomic E-state index is 12.0. The lowest BCUT2D eigenvalue weighted by Gasteiger charge is -2.46. The molecule has 2 rings (SSSR count). The van der Waals surface area contributed by atoms with E-state index >= 15 is 0 Å². The molecule has 1 aromatic rings. The van der Waals surface area contributed by atoms with E-state index in [1.165, 1.54) is 0 Å². The summed E-state index contributed by atoms with van der Waals surface area (Å²) in [4.78, 5) is 24.0. The van der Waals surface area contributed by atoms with Crippen molar-refractivity contribution in [1.82, 2.24) is 4.90 Å². The molecule has 1 aliphatic rings. The zero-order chi connectivity index (χ0) is 15.6. The Morgan fingerprint density at radius 2 is 2.14 bits per heavy atom.